The topological polar surface area (TPSA) is 89.2 Å². The second-order valence-corrected chi connectivity index (χ2v) is 6.88. The van der Waals surface area contributed by atoms with Gasteiger partial charge in [-0.2, -0.15) is 0 Å². The van der Waals surface area contributed by atoms with Crippen LogP contribution in [0.3, 0.4) is 0 Å². The molecule has 3 aromatic rings. The number of benzene rings is 1. The lowest BCUT2D eigenvalue weighted by Crippen LogP contribution is -2.25. The molecule has 7 heteroatoms. The molecule has 0 bridgehead atoms. The highest BCUT2D eigenvalue weighted by Crippen LogP contribution is 2.25. The Bertz CT molecular complexity index is 1070. The van der Waals surface area contributed by atoms with Crippen LogP contribution in [0.25, 0.3) is 11.3 Å². The fourth-order valence-corrected chi connectivity index (χ4v) is 3.09. The van der Waals surface area contributed by atoms with Gasteiger partial charge in [0.15, 0.2) is 5.78 Å². The second-order valence-electron chi connectivity index (χ2n) is 6.88. The van der Waals surface area contributed by atoms with E-state index in [9.17, 15) is 14.0 Å². The van der Waals surface area contributed by atoms with Crippen molar-refractivity contribution < 1.29 is 14.0 Å². The summed E-state index contributed by atoms with van der Waals surface area (Å²) >= 11 is 0. The number of nitrogens with two attached hydrogens (primary N) is 1. The molecule has 0 spiro atoms. The van der Waals surface area contributed by atoms with Crippen LogP contribution >= 0.6 is 0 Å². The predicted octanol–water partition coefficient (Wildman–Crippen LogP) is 4.05. The first-order valence-corrected chi connectivity index (χ1v) is 9.65. The van der Waals surface area contributed by atoms with Crippen molar-refractivity contribution in [1.82, 2.24) is 9.97 Å². The van der Waals surface area contributed by atoms with E-state index >= 15 is 0 Å². The number of hydrogen-bond acceptors (Lipinski definition) is 5. The molecule has 0 saturated heterocycles. The summed E-state index contributed by atoms with van der Waals surface area (Å²) in [5.41, 5.74) is 8.44. The zero-order valence-electron chi connectivity index (χ0n) is 16.9. The molecule has 0 radical (unpaired) electrons. The summed E-state index contributed by atoms with van der Waals surface area (Å²) in [6, 6.07) is 11.6. The Hall–Kier alpha value is -3.61. The Labute approximate surface area is 174 Å². The second kappa shape index (κ2) is 9.26. The van der Waals surface area contributed by atoms with Gasteiger partial charge < -0.3 is 10.6 Å². The molecule has 0 aliphatic carbocycles. The van der Waals surface area contributed by atoms with Gasteiger partial charge in [-0.3, -0.25) is 14.6 Å². The summed E-state index contributed by atoms with van der Waals surface area (Å²) in [4.78, 5) is 33.8. The fourth-order valence-electron chi connectivity index (χ4n) is 3.09. The van der Waals surface area contributed by atoms with Crippen LogP contribution in [0.2, 0.25) is 0 Å². The molecular formula is C23H23FN4O2. The quantitative estimate of drug-likeness (QED) is 0.598. The van der Waals surface area contributed by atoms with Crippen LogP contribution in [0.1, 0.15) is 35.7 Å². The SMILES string of the molecule is CCC(=O)N(C)c1ccc(-c2ccc(C(=O)CCc3cccnc3N)cn2)cc1F. The fraction of sp³-hybridized carbons (Fsp3) is 0.217. The molecule has 0 unspecified atom stereocenters. The third kappa shape index (κ3) is 4.68. The van der Waals surface area contributed by atoms with E-state index in [1.165, 1.54) is 17.2 Å². The number of hydrogen-bond donors (Lipinski definition) is 1. The van der Waals surface area contributed by atoms with Gasteiger partial charge in [-0.05, 0) is 42.3 Å². The number of nitrogen functional groups attached to an aromatic ring is 1. The van der Waals surface area contributed by atoms with Crippen molar-refractivity contribution in [2.45, 2.75) is 26.2 Å². The first-order valence-electron chi connectivity index (χ1n) is 9.65. The molecule has 0 fully saturated rings. The summed E-state index contributed by atoms with van der Waals surface area (Å²) in [7, 11) is 1.54. The predicted molar refractivity (Wildman–Crippen MR) is 115 cm³/mol. The monoisotopic (exact) mass is 406 g/mol. The summed E-state index contributed by atoms with van der Waals surface area (Å²) < 4.78 is 14.5. The largest absolute Gasteiger partial charge is 0.383 e. The molecule has 3 rings (SSSR count). The zero-order valence-corrected chi connectivity index (χ0v) is 16.9. The highest BCUT2D eigenvalue weighted by Gasteiger charge is 2.15. The molecule has 0 saturated carbocycles. The van der Waals surface area contributed by atoms with Gasteiger partial charge in [0.2, 0.25) is 5.91 Å². The number of Topliss-reactive ketones (excluding diaryl/α,β-unsaturated/α-hetero) is 1. The number of aromatic nitrogens is 2. The molecular weight excluding hydrogens is 383 g/mol. The van der Waals surface area contributed by atoms with Crippen molar-refractivity contribution in [3.8, 4) is 11.3 Å². The Balaban J connectivity index is 1.71. The Morgan fingerprint density at radius 2 is 1.93 bits per heavy atom. The number of halogens is 1. The van der Waals surface area contributed by atoms with E-state index in [0.29, 0.717) is 35.5 Å². The number of pyridine rings is 2. The van der Waals surface area contributed by atoms with E-state index in [2.05, 4.69) is 9.97 Å². The lowest BCUT2D eigenvalue weighted by Gasteiger charge is -2.17. The van der Waals surface area contributed by atoms with Crippen LogP contribution in [0.4, 0.5) is 15.9 Å². The van der Waals surface area contributed by atoms with E-state index in [0.717, 1.165) is 5.56 Å². The van der Waals surface area contributed by atoms with Crippen molar-refractivity contribution in [3.63, 3.8) is 0 Å². The summed E-state index contributed by atoms with van der Waals surface area (Å²) in [6.07, 6.45) is 4.18. The van der Waals surface area contributed by atoms with Crippen LogP contribution in [0, 0.1) is 5.82 Å². The summed E-state index contributed by atoms with van der Waals surface area (Å²) in [5.74, 6) is -0.308. The third-order valence-corrected chi connectivity index (χ3v) is 4.91. The minimum atomic E-state index is -0.507. The van der Waals surface area contributed by atoms with Crippen LogP contribution in [0.15, 0.2) is 54.9 Å². The van der Waals surface area contributed by atoms with Crippen LogP contribution in [-0.4, -0.2) is 28.7 Å². The van der Waals surface area contributed by atoms with E-state index in [-0.39, 0.29) is 23.8 Å². The number of ketones is 1. The maximum atomic E-state index is 14.5. The van der Waals surface area contributed by atoms with Gasteiger partial charge in [-0.15, -0.1) is 0 Å². The van der Waals surface area contributed by atoms with Gasteiger partial charge in [0.1, 0.15) is 11.6 Å². The normalized spacial score (nSPS) is 10.6. The van der Waals surface area contributed by atoms with Crippen LogP contribution in [0.5, 0.6) is 0 Å². The molecule has 2 N–H and O–H groups in total. The minimum Gasteiger partial charge on any atom is -0.383 e. The van der Waals surface area contributed by atoms with Crippen molar-refractivity contribution in [2.24, 2.45) is 0 Å². The van der Waals surface area contributed by atoms with Crippen molar-refractivity contribution in [2.75, 3.05) is 17.7 Å². The minimum absolute atomic E-state index is 0.0569. The van der Waals surface area contributed by atoms with Crippen molar-refractivity contribution in [1.29, 1.82) is 0 Å². The zero-order chi connectivity index (χ0) is 21.7. The van der Waals surface area contributed by atoms with E-state index in [4.69, 9.17) is 5.73 Å². The number of aryl methyl sites for hydroxylation is 1. The molecule has 2 aromatic heterocycles. The number of nitrogens with zero attached hydrogens (tertiary/aromatic N) is 3. The van der Waals surface area contributed by atoms with Gasteiger partial charge in [0.25, 0.3) is 0 Å². The number of amides is 1. The van der Waals surface area contributed by atoms with Crippen molar-refractivity contribution >= 4 is 23.2 Å². The third-order valence-electron chi connectivity index (χ3n) is 4.91. The standard InChI is InChI=1S/C23H23FN4O2/c1-3-22(30)28(2)20-10-7-16(13-18(20)24)19-9-6-17(14-27-19)21(29)11-8-15-5-4-12-26-23(15)25/h4-7,9-10,12-14H,3,8,11H2,1-2H3,(H2,25,26). The summed E-state index contributed by atoms with van der Waals surface area (Å²) in [6.45, 7) is 1.73. The van der Waals surface area contributed by atoms with E-state index < -0.39 is 5.82 Å². The maximum absolute atomic E-state index is 14.5. The molecule has 0 aliphatic heterocycles. The number of carbonyl (C=O) groups is 2. The van der Waals surface area contributed by atoms with Gasteiger partial charge >= 0.3 is 0 Å². The molecule has 1 aromatic carbocycles. The maximum Gasteiger partial charge on any atom is 0.226 e. The van der Waals surface area contributed by atoms with Crippen LogP contribution in [-0.2, 0) is 11.2 Å². The average molecular weight is 406 g/mol. The molecule has 154 valence electrons. The lowest BCUT2D eigenvalue weighted by molar-refractivity contribution is -0.118. The molecule has 0 atom stereocenters. The summed E-state index contributed by atoms with van der Waals surface area (Å²) in [5, 5.41) is 0. The Kier molecular flexibility index (Phi) is 6.51. The molecule has 1 amide bonds. The van der Waals surface area contributed by atoms with E-state index in [1.807, 2.05) is 6.07 Å². The molecule has 0 aliphatic rings. The van der Waals surface area contributed by atoms with Crippen LogP contribution < -0.4 is 10.6 Å². The smallest absolute Gasteiger partial charge is 0.226 e. The molecule has 2 heterocycles. The first-order chi connectivity index (χ1) is 14.4. The Morgan fingerprint density at radius 3 is 2.57 bits per heavy atom. The van der Waals surface area contributed by atoms with Gasteiger partial charge in [0.05, 0.1) is 11.4 Å². The highest BCUT2D eigenvalue weighted by molar-refractivity contribution is 5.96. The highest BCUT2D eigenvalue weighted by atomic mass is 19.1. The van der Waals surface area contributed by atoms with Gasteiger partial charge in [0, 0.05) is 43.4 Å². The molecule has 6 nitrogen and oxygen atoms in total. The van der Waals surface area contributed by atoms with Gasteiger partial charge in [-0.1, -0.05) is 19.1 Å². The van der Waals surface area contributed by atoms with Gasteiger partial charge in [-0.25, -0.2) is 9.37 Å². The van der Waals surface area contributed by atoms with Crippen molar-refractivity contribution in [3.05, 3.63) is 71.8 Å². The number of carbonyl (C=O) groups excluding carboxylic acids is 2. The lowest BCUT2D eigenvalue weighted by atomic mass is 10.0. The number of rotatable bonds is 7. The first kappa shape index (κ1) is 21.1. The van der Waals surface area contributed by atoms with E-state index in [1.54, 1.807) is 50.5 Å². The average Bonchev–Trinajstić information content (AvgIpc) is 2.77. The number of anilines is 2. The Morgan fingerprint density at radius 1 is 1.13 bits per heavy atom. The molecule has 30 heavy (non-hydrogen) atoms.